The van der Waals surface area contributed by atoms with Gasteiger partial charge in [-0.1, -0.05) is 163 Å². The highest BCUT2D eigenvalue weighted by molar-refractivity contribution is 6.87. The Balaban J connectivity index is 0.739. The summed E-state index contributed by atoms with van der Waals surface area (Å²) >= 11 is 0. The summed E-state index contributed by atoms with van der Waals surface area (Å²) in [7, 11) is -3.65. The van der Waals surface area contributed by atoms with Gasteiger partial charge >= 0.3 is 27.0 Å². The molecule has 0 radical (unpaired) electrons. The van der Waals surface area contributed by atoms with E-state index in [9.17, 15) is 14.4 Å². The second kappa shape index (κ2) is 29.1. The Bertz CT molecular complexity index is 3680. The number of hydrogen-bond donors (Lipinski definition) is 0. The molecule has 0 unspecified atom stereocenters. The van der Waals surface area contributed by atoms with Crippen molar-refractivity contribution in [3.63, 3.8) is 0 Å². The zero-order valence-electron chi connectivity index (χ0n) is 54.5. The maximum absolute atomic E-state index is 13.1. The zero-order valence-corrected chi connectivity index (χ0v) is 57.5. The van der Waals surface area contributed by atoms with E-state index in [2.05, 4.69) is 105 Å². The van der Waals surface area contributed by atoms with Crippen molar-refractivity contribution in [3.05, 3.63) is 239 Å². The second-order valence-electron chi connectivity index (χ2n) is 25.9. The van der Waals surface area contributed by atoms with Crippen molar-refractivity contribution in [1.82, 2.24) is 0 Å². The first-order chi connectivity index (χ1) is 42.6. The van der Waals surface area contributed by atoms with Gasteiger partial charge in [0.25, 0.3) is 0 Å². The Morgan fingerprint density at radius 2 is 0.600 bits per heavy atom. The summed E-state index contributed by atoms with van der Waals surface area (Å²) in [5, 5.41) is 0. The van der Waals surface area contributed by atoms with Crippen molar-refractivity contribution in [2.75, 3.05) is 14.2 Å². The van der Waals surface area contributed by atoms with Gasteiger partial charge < -0.3 is 46.1 Å². The molecule has 0 amide bonds. The topological polar surface area (TPSA) is 144 Å². The van der Waals surface area contributed by atoms with Crippen LogP contribution < -0.4 is 37.9 Å². The summed E-state index contributed by atoms with van der Waals surface area (Å²) in [6.45, 7) is 26.2. The van der Waals surface area contributed by atoms with Gasteiger partial charge in [0.15, 0.2) is 39.6 Å². The Kier molecular flexibility index (Phi) is 21.9. The minimum atomic E-state index is -2.49. The van der Waals surface area contributed by atoms with E-state index >= 15 is 0 Å². The molecule has 0 bridgehead atoms. The van der Waals surface area contributed by atoms with E-state index in [0.29, 0.717) is 34.5 Å². The van der Waals surface area contributed by atoms with Crippen LogP contribution in [-0.4, -0.2) is 57.9 Å². The van der Waals surface area contributed by atoms with Crippen LogP contribution in [0.3, 0.4) is 0 Å². The molecule has 0 aliphatic carbocycles. The number of ether oxygens (including phenoxy) is 8. The van der Waals surface area contributed by atoms with Crippen LogP contribution in [0.25, 0.3) is 0 Å². The molecule has 0 aromatic heterocycles. The molecule has 0 aliphatic rings. The summed E-state index contributed by atoms with van der Waals surface area (Å²) in [6, 6.07) is 63.1. The SMILES string of the molecule is COc1cc(CCC[Si](C)(C)O[Si](C)(C)O[Si](C)(C)CCCc2ccc(OC(=O)Oc3ccc(C(C)(C)c4ccc(OC(=O)Oc5ccc(C(C)(C)c6ccccc6)cc5)cc4)cc3)c(OC)c2)ccc1OC(=O)Oc1ccc(C(C)(C)c2ccccc2)cc1. The average Bonchev–Trinajstić information content (AvgIpc) is 1.20. The largest absolute Gasteiger partial charge is 0.519 e. The first-order valence-corrected chi connectivity index (χ1v) is 39.6. The van der Waals surface area contributed by atoms with Crippen molar-refractivity contribution in [1.29, 1.82) is 0 Å². The zero-order chi connectivity index (χ0) is 64.9. The number of hydrogen-bond acceptors (Lipinski definition) is 13. The third-order valence-electron chi connectivity index (χ3n) is 16.5. The van der Waals surface area contributed by atoms with Crippen LogP contribution in [0.1, 0.15) is 98.9 Å². The fourth-order valence-electron chi connectivity index (χ4n) is 11.4. The summed E-state index contributed by atoms with van der Waals surface area (Å²) in [4.78, 5) is 38.8. The first-order valence-electron chi connectivity index (χ1n) is 30.6. The van der Waals surface area contributed by atoms with Crippen LogP contribution in [-0.2, 0) is 37.3 Å². The molecule has 8 aromatic rings. The Morgan fingerprint density at radius 3 is 0.878 bits per heavy atom. The summed E-state index contributed by atoms with van der Waals surface area (Å²) in [5.41, 5.74) is 7.74. The smallest absolute Gasteiger partial charge is 0.493 e. The van der Waals surface area contributed by atoms with E-state index in [-0.39, 0.29) is 22.3 Å². The molecule has 8 rings (SSSR count). The lowest BCUT2D eigenvalue weighted by molar-refractivity contribution is 0.149. The van der Waals surface area contributed by atoms with Gasteiger partial charge in [-0.15, -0.1) is 0 Å². The number of carbonyl (C=O) groups excluding carboxylic acids is 3. The molecule has 0 atom stereocenters. The molecular weight excluding hydrogens is 1180 g/mol. The number of benzene rings is 8. The Labute approximate surface area is 535 Å². The summed E-state index contributed by atoms with van der Waals surface area (Å²) in [5.74, 6) is 2.86. The highest BCUT2D eigenvalue weighted by Gasteiger charge is 2.39. The van der Waals surface area contributed by atoms with Gasteiger partial charge in [0.05, 0.1) is 14.2 Å². The minimum absolute atomic E-state index is 0.219. The van der Waals surface area contributed by atoms with E-state index in [0.717, 1.165) is 71.2 Å². The van der Waals surface area contributed by atoms with Crippen LogP contribution in [0.5, 0.6) is 46.0 Å². The molecule has 8 aromatic carbocycles. The van der Waals surface area contributed by atoms with Gasteiger partial charge in [0, 0.05) is 16.2 Å². The molecule has 472 valence electrons. The molecule has 0 saturated heterocycles. The maximum Gasteiger partial charge on any atom is 0.519 e. The van der Waals surface area contributed by atoms with Crippen LogP contribution in [0.15, 0.2) is 194 Å². The van der Waals surface area contributed by atoms with Gasteiger partial charge in [0.2, 0.25) is 0 Å². The van der Waals surface area contributed by atoms with Crippen LogP contribution in [0.2, 0.25) is 51.4 Å². The predicted octanol–water partition coefficient (Wildman–Crippen LogP) is 19.1. The number of methoxy groups -OCH3 is 2. The monoisotopic (exact) mass is 1270 g/mol. The molecule has 0 N–H and O–H groups in total. The fourth-order valence-corrected chi connectivity index (χ4v) is 25.4. The van der Waals surface area contributed by atoms with Crippen molar-refractivity contribution in [2.45, 2.75) is 135 Å². The van der Waals surface area contributed by atoms with Gasteiger partial charge in [-0.05, 0) is 194 Å². The van der Waals surface area contributed by atoms with Gasteiger partial charge in [-0.3, -0.25) is 0 Å². The lowest BCUT2D eigenvalue weighted by atomic mass is 9.78. The molecule has 0 saturated carbocycles. The van der Waals surface area contributed by atoms with Crippen LogP contribution in [0.4, 0.5) is 14.4 Å². The lowest BCUT2D eigenvalue weighted by Gasteiger charge is -2.39. The standard InChI is InChI=1S/C74H86O13Si3/c1-72(2,55-25-17-15-18-26-55)57-31-39-61(40-32-57)80-69(75)81-62-41-35-59(36-42-62)74(5,6)60-37-45-64(46-38-60)83-71(77)85-66-48-30-54(52-68(66)79-8)24-22-50-89(11,12)87-90(13,14)86-88(9,10)49-21-23-53-29-47-65(67(51-53)78-7)84-70(76)82-63-43-33-58(34-44-63)73(3,4)56-27-19-16-20-28-56/h15-20,25-48,51-52H,21-24,49-50H2,1-14H3. The lowest BCUT2D eigenvalue weighted by Crippen LogP contribution is -2.52. The average molecular weight is 1270 g/mol. The van der Waals surface area contributed by atoms with E-state index in [4.69, 9.17) is 46.1 Å². The molecule has 0 aliphatic heterocycles. The van der Waals surface area contributed by atoms with E-state index in [1.807, 2.05) is 109 Å². The third-order valence-corrected chi connectivity index (χ3v) is 27.9. The van der Waals surface area contributed by atoms with E-state index in [1.54, 1.807) is 74.9 Å². The molecule has 90 heavy (non-hydrogen) atoms. The quantitative estimate of drug-likeness (QED) is 0.0288. The maximum atomic E-state index is 13.1. The van der Waals surface area contributed by atoms with Crippen molar-refractivity contribution in [3.8, 4) is 46.0 Å². The Morgan fingerprint density at radius 1 is 0.333 bits per heavy atom. The molecule has 13 nitrogen and oxygen atoms in total. The summed E-state index contributed by atoms with van der Waals surface area (Å²) in [6.07, 6.45) is 0.846. The molecule has 0 heterocycles. The van der Waals surface area contributed by atoms with Crippen molar-refractivity contribution >= 4 is 43.7 Å². The Hall–Kier alpha value is -8.26. The minimum Gasteiger partial charge on any atom is -0.493 e. The van der Waals surface area contributed by atoms with Crippen molar-refractivity contribution in [2.24, 2.45) is 0 Å². The number of rotatable bonds is 26. The van der Waals surface area contributed by atoms with Crippen molar-refractivity contribution < 1.29 is 60.5 Å². The molecule has 0 fully saturated rings. The van der Waals surface area contributed by atoms with Crippen LogP contribution >= 0.6 is 0 Å². The molecule has 16 heteroatoms. The van der Waals surface area contributed by atoms with E-state index in [1.165, 1.54) is 11.1 Å². The highest BCUT2D eigenvalue weighted by Crippen LogP contribution is 2.38. The highest BCUT2D eigenvalue weighted by atomic mass is 28.5. The normalized spacial score (nSPS) is 12.2. The molecular formula is C74H86O13Si3. The van der Waals surface area contributed by atoms with Gasteiger partial charge in [-0.2, -0.15) is 0 Å². The predicted molar refractivity (Wildman–Crippen MR) is 362 cm³/mol. The number of aryl methyl sites for hydroxylation is 2. The van der Waals surface area contributed by atoms with E-state index < -0.39 is 49.1 Å². The third kappa shape index (κ3) is 18.4. The second-order valence-corrected chi connectivity index (χ2v) is 38.3. The van der Waals surface area contributed by atoms with Crippen LogP contribution in [0, 0.1) is 0 Å². The fraction of sp³-hybridized carbons (Fsp3) is 0.311. The number of carbonyl (C=O) groups is 3. The van der Waals surface area contributed by atoms with Gasteiger partial charge in [0.1, 0.15) is 23.0 Å². The summed E-state index contributed by atoms with van der Waals surface area (Å²) < 4.78 is 58.7. The first kappa shape index (κ1) is 67.7. The van der Waals surface area contributed by atoms with Gasteiger partial charge in [-0.25, -0.2) is 14.4 Å². The molecule has 0 spiro atoms.